The Balaban J connectivity index is 1.75. The van der Waals surface area contributed by atoms with Crippen molar-refractivity contribution in [1.29, 1.82) is 0 Å². The van der Waals surface area contributed by atoms with Crippen LogP contribution in [0.25, 0.3) is 0 Å². The van der Waals surface area contributed by atoms with Crippen molar-refractivity contribution in [3.05, 3.63) is 30.6 Å². The Morgan fingerprint density at radius 2 is 1.71 bits per heavy atom. The summed E-state index contributed by atoms with van der Waals surface area (Å²) in [4.78, 5) is 13.3. The summed E-state index contributed by atoms with van der Waals surface area (Å²) in [5, 5.41) is 3.29. The highest BCUT2D eigenvalue weighted by molar-refractivity contribution is 5.63. The number of ether oxygens (including phenoxy) is 2. The van der Waals surface area contributed by atoms with Crippen molar-refractivity contribution in [1.82, 2.24) is 14.9 Å². The van der Waals surface area contributed by atoms with E-state index in [0.717, 1.165) is 43.5 Å². The van der Waals surface area contributed by atoms with Crippen molar-refractivity contribution in [3.63, 3.8) is 0 Å². The number of anilines is 3. The van der Waals surface area contributed by atoms with Crippen LogP contribution in [0.5, 0.6) is 11.5 Å². The van der Waals surface area contributed by atoms with Crippen molar-refractivity contribution in [3.8, 4) is 11.5 Å². The lowest BCUT2D eigenvalue weighted by Crippen LogP contribution is -2.44. The molecule has 24 heavy (non-hydrogen) atoms. The maximum atomic E-state index is 5.33. The molecule has 128 valence electrons. The first kappa shape index (κ1) is 16.3. The maximum absolute atomic E-state index is 5.33. The second-order valence-corrected chi connectivity index (χ2v) is 5.75. The summed E-state index contributed by atoms with van der Waals surface area (Å²) in [6, 6.07) is 7.65. The van der Waals surface area contributed by atoms with E-state index in [9.17, 15) is 0 Å². The zero-order valence-electron chi connectivity index (χ0n) is 14.3. The van der Waals surface area contributed by atoms with E-state index in [0.29, 0.717) is 11.5 Å². The molecule has 1 fully saturated rings. The quantitative estimate of drug-likeness (QED) is 0.900. The number of rotatable bonds is 5. The molecule has 0 bridgehead atoms. The van der Waals surface area contributed by atoms with E-state index in [2.05, 4.69) is 32.1 Å². The highest BCUT2D eigenvalue weighted by Gasteiger charge is 2.16. The van der Waals surface area contributed by atoms with Gasteiger partial charge in [-0.05, 0) is 19.2 Å². The lowest BCUT2D eigenvalue weighted by molar-refractivity contribution is 0.312. The minimum absolute atomic E-state index is 0.677. The van der Waals surface area contributed by atoms with E-state index in [1.165, 1.54) is 0 Å². The molecular weight excluding hydrogens is 306 g/mol. The fraction of sp³-hybridized carbons (Fsp3) is 0.412. The fourth-order valence-electron chi connectivity index (χ4n) is 2.69. The number of hydrogen-bond donors (Lipinski definition) is 1. The van der Waals surface area contributed by atoms with Crippen LogP contribution in [0.2, 0.25) is 0 Å². The topological polar surface area (TPSA) is 62.8 Å². The van der Waals surface area contributed by atoms with Crippen LogP contribution in [0, 0.1) is 0 Å². The average Bonchev–Trinajstić information content (AvgIpc) is 2.62. The summed E-state index contributed by atoms with van der Waals surface area (Å²) in [7, 11) is 5.39. The molecule has 0 saturated carbocycles. The average molecular weight is 329 g/mol. The van der Waals surface area contributed by atoms with Gasteiger partial charge in [0, 0.05) is 44.0 Å². The fourth-order valence-corrected chi connectivity index (χ4v) is 2.69. The van der Waals surface area contributed by atoms with Gasteiger partial charge in [-0.1, -0.05) is 0 Å². The Labute approximate surface area is 142 Å². The van der Waals surface area contributed by atoms with Gasteiger partial charge in [0.05, 0.1) is 14.2 Å². The Hall–Kier alpha value is -2.54. The third-order valence-electron chi connectivity index (χ3n) is 4.14. The molecule has 0 radical (unpaired) electrons. The maximum Gasteiger partial charge on any atom is 0.162 e. The Morgan fingerprint density at radius 3 is 2.42 bits per heavy atom. The van der Waals surface area contributed by atoms with Crippen LogP contribution < -0.4 is 19.7 Å². The Bertz CT molecular complexity index is 686. The van der Waals surface area contributed by atoms with Gasteiger partial charge in [-0.2, -0.15) is 0 Å². The Morgan fingerprint density at radius 1 is 0.958 bits per heavy atom. The van der Waals surface area contributed by atoms with Crippen molar-refractivity contribution < 1.29 is 9.47 Å². The molecule has 1 aromatic heterocycles. The first-order chi connectivity index (χ1) is 11.7. The van der Waals surface area contributed by atoms with Crippen LogP contribution >= 0.6 is 0 Å². The number of piperazine rings is 1. The molecule has 1 N–H and O–H groups in total. The van der Waals surface area contributed by atoms with Gasteiger partial charge >= 0.3 is 0 Å². The van der Waals surface area contributed by atoms with Gasteiger partial charge in [0.15, 0.2) is 11.5 Å². The third kappa shape index (κ3) is 3.68. The zero-order chi connectivity index (χ0) is 16.9. The number of likely N-dealkylation sites (N-methyl/N-ethyl adjacent to an activating group) is 1. The third-order valence-corrected chi connectivity index (χ3v) is 4.14. The van der Waals surface area contributed by atoms with Crippen LogP contribution in [0.15, 0.2) is 30.6 Å². The number of nitrogens with one attached hydrogen (secondary N) is 1. The molecule has 0 aliphatic carbocycles. The second kappa shape index (κ2) is 7.35. The predicted octanol–water partition coefficient (Wildman–Crippen LogP) is 1.99. The molecule has 7 nitrogen and oxygen atoms in total. The largest absolute Gasteiger partial charge is 0.493 e. The molecule has 1 aliphatic heterocycles. The van der Waals surface area contributed by atoms with Crippen LogP contribution in [0.1, 0.15) is 0 Å². The van der Waals surface area contributed by atoms with E-state index >= 15 is 0 Å². The summed E-state index contributed by atoms with van der Waals surface area (Å²) >= 11 is 0. The predicted molar refractivity (Wildman–Crippen MR) is 94.6 cm³/mol. The number of methoxy groups -OCH3 is 2. The molecule has 1 aliphatic rings. The van der Waals surface area contributed by atoms with Gasteiger partial charge in [0.1, 0.15) is 18.0 Å². The van der Waals surface area contributed by atoms with Gasteiger partial charge in [-0.3, -0.25) is 0 Å². The summed E-state index contributed by atoms with van der Waals surface area (Å²) in [6.45, 7) is 4.04. The number of nitrogens with zero attached hydrogens (tertiary/aromatic N) is 4. The van der Waals surface area contributed by atoms with Crippen LogP contribution in [-0.4, -0.2) is 62.3 Å². The summed E-state index contributed by atoms with van der Waals surface area (Å²) in [5.41, 5.74) is 0.885. The second-order valence-electron chi connectivity index (χ2n) is 5.75. The standard InChI is InChI=1S/C17H23N5O2/c1-21-6-8-22(9-7-21)17-11-16(18-12-19-17)20-13-4-5-14(23-2)15(10-13)24-3/h4-5,10-12H,6-9H2,1-3H3,(H,18,19,20). The van der Waals surface area contributed by atoms with Crippen molar-refractivity contribution in [2.24, 2.45) is 0 Å². The normalized spacial score (nSPS) is 15.2. The van der Waals surface area contributed by atoms with Gasteiger partial charge in [-0.25, -0.2) is 9.97 Å². The Kier molecular flexibility index (Phi) is 5.00. The van der Waals surface area contributed by atoms with E-state index in [1.807, 2.05) is 24.3 Å². The van der Waals surface area contributed by atoms with Gasteiger partial charge < -0.3 is 24.6 Å². The molecule has 0 spiro atoms. The zero-order valence-corrected chi connectivity index (χ0v) is 14.3. The molecule has 0 atom stereocenters. The van der Waals surface area contributed by atoms with Crippen LogP contribution in [0.4, 0.5) is 17.3 Å². The molecule has 1 aromatic carbocycles. The lowest BCUT2D eigenvalue weighted by Gasteiger charge is -2.33. The SMILES string of the molecule is COc1ccc(Nc2cc(N3CCN(C)CC3)ncn2)cc1OC. The molecule has 2 aromatic rings. The number of benzene rings is 1. The van der Waals surface area contributed by atoms with E-state index in [-0.39, 0.29) is 0 Å². The molecule has 7 heteroatoms. The van der Waals surface area contributed by atoms with Crippen LogP contribution in [-0.2, 0) is 0 Å². The summed E-state index contributed by atoms with van der Waals surface area (Å²) < 4.78 is 10.6. The van der Waals surface area contributed by atoms with E-state index < -0.39 is 0 Å². The molecule has 3 rings (SSSR count). The van der Waals surface area contributed by atoms with E-state index in [1.54, 1.807) is 20.5 Å². The highest BCUT2D eigenvalue weighted by Crippen LogP contribution is 2.31. The van der Waals surface area contributed by atoms with Crippen molar-refractivity contribution >= 4 is 17.3 Å². The minimum Gasteiger partial charge on any atom is -0.493 e. The van der Waals surface area contributed by atoms with Gasteiger partial charge in [-0.15, -0.1) is 0 Å². The lowest BCUT2D eigenvalue weighted by atomic mass is 10.2. The first-order valence-electron chi connectivity index (χ1n) is 7.94. The molecule has 1 saturated heterocycles. The molecule has 2 heterocycles. The molecular formula is C17H23N5O2. The van der Waals surface area contributed by atoms with Crippen LogP contribution in [0.3, 0.4) is 0 Å². The van der Waals surface area contributed by atoms with Gasteiger partial charge in [0.25, 0.3) is 0 Å². The smallest absolute Gasteiger partial charge is 0.162 e. The van der Waals surface area contributed by atoms with Crippen molar-refractivity contribution in [2.75, 3.05) is 57.7 Å². The van der Waals surface area contributed by atoms with Gasteiger partial charge in [0.2, 0.25) is 0 Å². The molecule has 0 unspecified atom stereocenters. The monoisotopic (exact) mass is 329 g/mol. The number of aromatic nitrogens is 2. The number of hydrogen-bond acceptors (Lipinski definition) is 7. The highest BCUT2D eigenvalue weighted by atomic mass is 16.5. The summed E-state index contributed by atoms with van der Waals surface area (Å²) in [5.74, 6) is 3.08. The first-order valence-corrected chi connectivity index (χ1v) is 7.94. The molecule has 0 amide bonds. The van der Waals surface area contributed by atoms with E-state index in [4.69, 9.17) is 9.47 Å². The van der Waals surface area contributed by atoms with Crippen molar-refractivity contribution in [2.45, 2.75) is 0 Å². The minimum atomic E-state index is 0.677. The summed E-state index contributed by atoms with van der Waals surface area (Å²) in [6.07, 6.45) is 1.59.